The third kappa shape index (κ3) is 3.91. The maximum atomic E-state index is 10.7. The quantitative estimate of drug-likeness (QED) is 0.292. The van der Waals surface area contributed by atoms with E-state index in [-0.39, 0.29) is 10.9 Å². The number of hydrogen-bond acceptors (Lipinski definition) is 7. The molecule has 1 heterocycles. The number of non-ortho nitro benzene ring substituents is 1. The van der Waals surface area contributed by atoms with Gasteiger partial charge in [0.1, 0.15) is 0 Å². The standard InChI is InChI=1S/C17H10N4O3S/c18-11-10-15(12-6-8-14(9-7-12)21(22)23)25-17-20-19-16(24-17)13-4-2-1-3-5-13/h1-10H/b15-10+. The van der Waals surface area contributed by atoms with Crippen molar-refractivity contribution in [2.75, 3.05) is 0 Å². The highest BCUT2D eigenvalue weighted by atomic mass is 32.2. The molecule has 0 aliphatic heterocycles. The number of benzene rings is 2. The number of nitrogens with zero attached hydrogens (tertiary/aromatic N) is 4. The van der Waals surface area contributed by atoms with Crippen molar-refractivity contribution < 1.29 is 9.34 Å². The van der Waals surface area contributed by atoms with Gasteiger partial charge in [-0.25, -0.2) is 0 Å². The van der Waals surface area contributed by atoms with Crippen LogP contribution in [0.1, 0.15) is 5.56 Å². The SMILES string of the molecule is N#C/C=C(/Sc1nnc(-c2ccccc2)o1)c1ccc([N+](=O)[O-])cc1. The molecule has 122 valence electrons. The number of allylic oxidation sites excluding steroid dienone is 1. The fourth-order valence-corrected chi connectivity index (χ4v) is 2.78. The molecule has 0 radical (unpaired) electrons. The summed E-state index contributed by atoms with van der Waals surface area (Å²) < 4.78 is 5.61. The van der Waals surface area contributed by atoms with Gasteiger partial charge < -0.3 is 4.42 Å². The molecular weight excluding hydrogens is 340 g/mol. The van der Waals surface area contributed by atoms with E-state index in [0.717, 1.165) is 17.3 Å². The number of rotatable bonds is 5. The highest BCUT2D eigenvalue weighted by molar-refractivity contribution is 8.08. The van der Waals surface area contributed by atoms with E-state index >= 15 is 0 Å². The van der Waals surface area contributed by atoms with Gasteiger partial charge in [-0.2, -0.15) is 5.26 Å². The first-order valence-electron chi connectivity index (χ1n) is 7.09. The summed E-state index contributed by atoms with van der Waals surface area (Å²) in [6.07, 6.45) is 1.33. The van der Waals surface area contributed by atoms with Crippen molar-refractivity contribution >= 4 is 22.4 Å². The van der Waals surface area contributed by atoms with Gasteiger partial charge in [0.25, 0.3) is 10.9 Å². The van der Waals surface area contributed by atoms with Gasteiger partial charge in [-0.05, 0) is 41.6 Å². The van der Waals surface area contributed by atoms with Gasteiger partial charge in [-0.15, -0.1) is 10.2 Å². The monoisotopic (exact) mass is 350 g/mol. The molecule has 3 rings (SSSR count). The minimum absolute atomic E-state index is 0.0192. The van der Waals surface area contributed by atoms with Crippen LogP contribution in [0.2, 0.25) is 0 Å². The number of aromatic nitrogens is 2. The molecule has 0 amide bonds. The lowest BCUT2D eigenvalue weighted by molar-refractivity contribution is -0.384. The van der Waals surface area contributed by atoms with Crippen molar-refractivity contribution in [1.29, 1.82) is 5.26 Å². The van der Waals surface area contributed by atoms with Crippen LogP contribution in [0.25, 0.3) is 16.4 Å². The van der Waals surface area contributed by atoms with E-state index in [1.165, 1.54) is 18.2 Å². The topological polar surface area (TPSA) is 106 Å². The molecule has 0 aliphatic carbocycles. The summed E-state index contributed by atoms with van der Waals surface area (Å²) in [5.41, 5.74) is 1.42. The molecule has 0 saturated heterocycles. The predicted octanol–water partition coefficient (Wildman–Crippen LogP) is 4.30. The number of nitro benzene ring substituents is 1. The van der Waals surface area contributed by atoms with Crippen LogP contribution in [0.4, 0.5) is 5.69 Å². The van der Waals surface area contributed by atoms with Gasteiger partial charge >= 0.3 is 0 Å². The Bertz CT molecular complexity index is 960. The van der Waals surface area contributed by atoms with E-state index in [1.54, 1.807) is 12.1 Å². The second-order valence-corrected chi connectivity index (χ2v) is 5.78. The van der Waals surface area contributed by atoms with Gasteiger partial charge in [0.2, 0.25) is 5.89 Å². The van der Waals surface area contributed by atoms with Crippen molar-refractivity contribution in [2.24, 2.45) is 0 Å². The molecule has 8 heteroatoms. The van der Waals surface area contributed by atoms with Crippen molar-refractivity contribution in [3.63, 3.8) is 0 Å². The lowest BCUT2D eigenvalue weighted by Crippen LogP contribution is -1.88. The average Bonchev–Trinajstić information content (AvgIpc) is 3.11. The Hall–Kier alpha value is -3.44. The number of hydrogen-bond donors (Lipinski definition) is 0. The second-order valence-electron chi connectivity index (χ2n) is 4.78. The Morgan fingerprint density at radius 2 is 1.88 bits per heavy atom. The summed E-state index contributed by atoms with van der Waals surface area (Å²) in [5.74, 6) is 0.378. The predicted molar refractivity (Wildman–Crippen MR) is 92.3 cm³/mol. The van der Waals surface area contributed by atoms with Crippen LogP contribution < -0.4 is 0 Å². The zero-order valence-electron chi connectivity index (χ0n) is 12.7. The summed E-state index contributed by atoms with van der Waals surface area (Å²) in [5, 5.41) is 28.0. The molecule has 0 bridgehead atoms. The Kier molecular flexibility index (Phi) is 4.87. The average molecular weight is 350 g/mol. The molecule has 0 N–H and O–H groups in total. The fraction of sp³-hybridized carbons (Fsp3) is 0. The first kappa shape index (κ1) is 16.4. The molecule has 7 nitrogen and oxygen atoms in total. The molecule has 0 saturated carbocycles. The maximum absolute atomic E-state index is 10.7. The van der Waals surface area contributed by atoms with Crippen molar-refractivity contribution in [1.82, 2.24) is 10.2 Å². The van der Waals surface area contributed by atoms with Crippen LogP contribution in [-0.2, 0) is 0 Å². The number of nitro groups is 1. The molecule has 0 fully saturated rings. The van der Waals surface area contributed by atoms with Gasteiger partial charge in [0, 0.05) is 28.7 Å². The summed E-state index contributed by atoms with van der Waals surface area (Å²) in [6, 6.07) is 17.2. The lowest BCUT2D eigenvalue weighted by atomic mass is 10.2. The zero-order chi connectivity index (χ0) is 17.6. The molecule has 1 aromatic heterocycles. The lowest BCUT2D eigenvalue weighted by Gasteiger charge is -2.02. The first-order valence-corrected chi connectivity index (χ1v) is 7.90. The third-order valence-corrected chi connectivity index (χ3v) is 4.10. The van der Waals surface area contributed by atoms with E-state index in [1.807, 2.05) is 36.4 Å². The van der Waals surface area contributed by atoms with Gasteiger partial charge in [0.15, 0.2) is 0 Å². The van der Waals surface area contributed by atoms with E-state index in [4.69, 9.17) is 9.68 Å². The van der Waals surface area contributed by atoms with Crippen molar-refractivity contribution in [2.45, 2.75) is 5.22 Å². The molecule has 0 unspecified atom stereocenters. The fourth-order valence-electron chi connectivity index (χ4n) is 2.02. The molecule has 3 aromatic rings. The van der Waals surface area contributed by atoms with Gasteiger partial charge in [0.05, 0.1) is 11.0 Å². The van der Waals surface area contributed by atoms with Crippen LogP contribution in [0.3, 0.4) is 0 Å². The molecular formula is C17H10N4O3S. The normalized spacial score (nSPS) is 11.1. The zero-order valence-corrected chi connectivity index (χ0v) is 13.5. The van der Waals surface area contributed by atoms with E-state index < -0.39 is 4.92 Å². The maximum Gasteiger partial charge on any atom is 0.281 e. The Morgan fingerprint density at radius 1 is 1.16 bits per heavy atom. The Labute approximate surface area is 146 Å². The Morgan fingerprint density at radius 3 is 2.52 bits per heavy atom. The third-order valence-electron chi connectivity index (χ3n) is 3.18. The van der Waals surface area contributed by atoms with Crippen LogP contribution >= 0.6 is 11.8 Å². The molecule has 0 atom stereocenters. The smallest absolute Gasteiger partial charge is 0.281 e. The number of thioether (sulfide) groups is 1. The van der Waals surface area contributed by atoms with Crippen LogP contribution in [0, 0.1) is 21.4 Å². The van der Waals surface area contributed by atoms with Crippen LogP contribution in [0.5, 0.6) is 0 Å². The van der Waals surface area contributed by atoms with Gasteiger partial charge in [-0.1, -0.05) is 18.2 Å². The van der Waals surface area contributed by atoms with Crippen LogP contribution in [-0.4, -0.2) is 15.1 Å². The molecule has 0 spiro atoms. The van der Waals surface area contributed by atoms with Gasteiger partial charge in [-0.3, -0.25) is 10.1 Å². The summed E-state index contributed by atoms with van der Waals surface area (Å²) >= 11 is 1.12. The summed E-state index contributed by atoms with van der Waals surface area (Å²) in [7, 11) is 0. The van der Waals surface area contributed by atoms with Crippen molar-refractivity contribution in [3.05, 3.63) is 76.4 Å². The summed E-state index contributed by atoms with van der Waals surface area (Å²) in [6.45, 7) is 0. The minimum atomic E-state index is -0.477. The largest absolute Gasteiger partial charge is 0.411 e. The van der Waals surface area contributed by atoms with Crippen LogP contribution in [0.15, 0.2) is 70.3 Å². The minimum Gasteiger partial charge on any atom is -0.411 e. The van der Waals surface area contributed by atoms with Crippen molar-refractivity contribution in [3.8, 4) is 17.5 Å². The van der Waals surface area contributed by atoms with E-state index in [9.17, 15) is 10.1 Å². The van der Waals surface area contributed by atoms with E-state index in [0.29, 0.717) is 16.4 Å². The molecule has 2 aromatic carbocycles. The molecule has 25 heavy (non-hydrogen) atoms. The Balaban J connectivity index is 1.84. The summed E-state index contributed by atoms with van der Waals surface area (Å²) in [4.78, 5) is 10.8. The number of nitriles is 1. The highest BCUT2D eigenvalue weighted by Crippen LogP contribution is 2.35. The van der Waals surface area contributed by atoms with E-state index in [2.05, 4.69) is 10.2 Å². The highest BCUT2D eigenvalue weighted by Gasteiger charge is 2.13. The molecule has 0 aliphatic rings. The second kappa shape index (κ2) is 7.42. The first-order chi connectivity index (χ1) is 12.2.